The second-order valence-corrected chi connectivity index (χ2v) is 5.67. The summed E-state index contributed by atoms with van der Waals surface area (Å²) in [6.45, 7) is 1.91. The number of nitrogens with one attached hydrogen (secondary N) is 1. The minimum absolute atomic E-state index is 0.0313. The molecule has 0 saturated heterocycles. The zero-order chi connectivity index (χ0) is 18.5. The molecule has 2 aromatic carbocycles. The number of hydrogen-bond acceptors (Lipinski definition) is 5. The van der Waals surface area contributed by atoms with E-state index in [0.29, 0.717) is 11.1 Å². The lowest BCUT2D eigenvalue weighted by molar-refractivity contribution is 0.0595. The predicted molar refractivity (Wildman–Crippen MR) is 95.6 cm³/mol. The first kappa shape index (κ1) is 17.4. The third kappa shape index (κ3) is 3.49. The molecule has 0 radical (unpaired) electrons. The monoisotopic (exact) mass is 350 g/mol. The van der Waals surface area contributed by atoms with Crippen LogP contribution < -0.4 is 5.32 Å². The van der Waals surface area contributed by atoms with E-state index in [-0.39, 0.29) is 23.4 Å². The van der Waals surface area contributed by atoms with E-state index in [0.717, 1.165) is 12.0 Å². The van der Waals surface area contributed by atoms with Crippen LogP contribution in [0.2, 0.25) is 0 Å². The molecule has 1 N–H and O–H groups in total. The molecule has 6 heteroatoms. The van der Waals surface area contributed by atoms with Crippen molar-refractivity contribution in [3.63, 3.8) is 0 Å². The van der Waals surface area contributed by atoms with Gasteiger partial charge in [0.1, 0.15) is 0 Å². The Bertz CT molecular complexity index is 918. The molecule has 1 atom stereocenters. The molecule has 0 aliphatic rings. The van der Waals surface area contributed by atoms with Gasteiger partial charge in [0.25, 0.3) is 5.91 Å². The topological polar surface area (TPSA) is 81.4 Å². The first-order valence-electron chi connectivity index (χ1n) is 8.08. The summed E-state index contributed by atoms with van der Waals surface area (Å²) in [6, 6.07) is 16.4. The molecule has 1 aromatic heterocycles. The van der Waals surface area contributed by atoms with Crippen LogP contribution in [-0.4, -0.2) is 24.0 Å². The van der Waals surface area contributed by atoms with Crippen molar-refractivity contribution in [2.75, 3.05) is 7.11 Å². The van der Waals surface area contributed by atoms with Crippen LogP contribution >= 0.6 is 0 Å². The molecule has 3 rings (SSSR count). The van der Waals surface area contributed by atoms with E-state index < -0.39 is 5.97 Å². The minimum atomic E-state index is -0.624. The van der Waals surface area contributed by atoms with Crippen LogP contribution in [0.15, 0.2) is 65.4 Å². The largest absolute Gasteiger partial charge is 0.464 e. The maximum Gasteiger partial charge on any atom is 0.360 e. The third-order valence-corrected chi connectivity index (χ3v) is 4.01. The molecule has 0 spiro atoms. The summed E-state index contributed by atoms with van der Waals surface area (Å²) in [5.74, 6) is -0.694. The summed E-state index contributed by atoms with van der Waals surface area (Å²) in [5, 5.41) is 2.96. The average Bonchev–Trinajstić information content (AvgIpc) is 3.17. The van der Waals surface area contributed by atoms with Gasteiger partial charge in [-0.1, -0.05) is 48.5 Å². The lowest BCUT2D eigenvalue weighted by Crippen LogP contribution is -2.27. The SMILES string of the molecule is COC(=O)c1ncoc1-c1ccccc1C(=O)NC(C)c1ccccc1. The van der Waals surface area contributed by atoms with Crippen LogP contribution in [0, 0.1) is 0 Å². The number of oxazole rings is 1. The minimum Gasteiger partial charge on any atom is -0.464 e. The lowest BCUT2D eigenvalue weighted by atomic mass is 10.0. The number of aromatic nitrogens is 1. The molecule has 26 heavy (non-hydrogen) atoms. The standard InChI is InChI=1S/C20H18N2O4/c1-13(14-8-4-3-5-9-14)22-19(23)16-11-7-6-10-15(16)18-17(20(24)25-2)21-12-26-18/h3-13H,1-2H3,(H,22,23). The summed E-state index contributed by atoms with van der Waals surface area (Å²) in [4.78, 5) is 28.6. The van der Waals surface area contributed by atoms with E-state index in [1.54, 1.807) is 24.3 Å². The van der Waals surface area contributed by atoms with E-state index >= 15 is 0 Å². The first-order chi connectivity index (χ1) is 12.6. The molecular weight excluding hydrogens is 332 g/mol. The van der Waals surface area contributed by atoms with Gasteiger partial charge in [0, 0.05) is 5.56 Å². The number of rotatable bonds is 5. The van der Waals surface area contributed by atoms with Crippen LogP contribution in [0.1, 0.15) is 39.4 Å². The first-order valence-corrected chi connectivity index (χ1v) is 8.08. The van der Waals surface area contributed by atoms with Gasteiger partial charge in [-0.3, -0.25) is 4.79 Å². The highest BCUT2D eigenvalue weighted by molar-refractivity contribution is 6.03. The molecule has 132 valence electrons. The van der Waals surface area contributed by atoms with Crippen LogP contribution in [0.3, 0.4) is 0 Å². The molecule has 1 unspecified atom stereocenters. The summed E-state index contributed by atoms with van der Waals surface area (Å²) in [6.07, 6.45) is 1.16. The van der Waals surface area contributed by atoms with Gasteiger partial charge in [-0.05, 0) is 18.6 Å². The van der Waals surface area contributed by atoms with Gasteiger partial charge in [-0.15, -0.1) is 0 Å². The molecule has 1 amide bonds. The highest BCUT2D eigenvalue weighted by atomic mass is 16.5. The van der Waals surface area contributed by atoms with Crippen molar-refractivity contribution in [2.45, 2.75) is 13.0 Å². The Morgan fingerprint density at radius 3 is 2.50 bits per heavy atom. The zero-order valence-corrected chi connectivity index (χ0v) is 14.4. The van der Waals surface area contributed by atoms with Gasteiger partial charge >= 0.3 is 5.97 Å². The van der Waals surface area contributed by atoms with Crippen molar-refractivity contribution in [3.05, 3.63) is 77.8 Å². The van der Waals surface area contributed by atoms with Gasteiger partial charge in [-0.25, -0.2) is 9.78 Å². The molecule has 1 heterocycles. The number of hydrogen-bond donors (Lipinski definition) is 1. The number of amides is 1. The Hall–Kier alpha value is -3.41. The van der Waals surface area contributed by atoms with Crippen molar-refractivity contribution in [1.82, 2.24) is 10.3 Å². The van der Waals surface area contributed by atoms with E-state index in [2.05, 4.69) is 10.3 Å². The van der Waals surface area contributed by atoms with Crippen molar-refractivity contribution in [1.29, 1.82) is 0 Å². The van der Waals surface area contributed by atoms with E-state index in [1.807, 2.05) is 37.3 Å². The second-order valence-electron chi connectivity index (χ2n) is 5.67. The quantitative estimate of drug-likeness (QED) is 0.711. The normalized spacial score (nSPS) is 11.6. The molecule has 3 aromatic rings. The van der Waals surface area contributed by atoms with E-state index in [4.69, 9.17) is 9.15 Å². The number of carbonyl (C=O) groups is 2. The summed E-state index contributed by atoms with van der Waals surface area (Å²) < 4.78 is 10.1. The van der Waals surface area contributed by atoms with E-state index in [9.17, 15) is 9.59 Å². The van der Waals surface area contributed by atoms with Gasteiger partial charge < -0.3 is 14.5 Å². The van der Waals surface area contributed by atoms with Crippen LogP contribution in [-0.2, 0) is 4.74 Å². The smallest absolute Gasteiger partial charge is 0.360 e. The fraction of sp³-hybridized carbons (Fsp3) is 0.150. The second kappa shape index (κ2) is 7.65. The molecule has 0 fully saturated rings. The maximum atomic E-state index is 12.8. The number of ether oxygens (including phenoxy) is 1. The number of nitrogens with zero attached hydrogens (tertiary/aromatic N) is 1. The van der Waals surface area contributed by atoms with Crippen molar-refractivity contribution >= 4 is 11.9 Å². The third-order valence-electron chi connectivity index (χ3n) is 4.01. The Morgan fingerprint density at radius 2 is 1.77 bits per heavy atom. The fourth-order valence-corrected chi connectivity index (χ4v) is 2.66. The highest BCUT2D eigenvalue weighted by Gasteiger charge is 2.23. The fourth-order valence-electron chi connectivity index (χ4n) is 2.66. The molecule has 0 aliphatic carbocycles. The molecule has 0 bridgehead atoms. The van der Waals surface area contributed by atoms with Gasteiger partial charge in [0.2, 0.25) is 0 Å². The summed E-state index contributed by atoms with van der Waals surface area (Å²) in [7, 11) is 1.26. The van der Waals surface area contributed by atoms with Crippen LogP contribution in [0.5, 0.6) is 0 Å². The molecule has 0 aliphatic heterocycles. The number of esters is 1. The van der Waals surface area contributed by atoms with Crippen molar-refractivity contribution in [2.24, 2.45) is 0 Å². The van der Waals surface area contributed by atoms with Gasteiger partial charge in [-0.2, -0.15) is 0 Å². The molecule has 0 saturated carbocycles. The average molecular weight is 350 g/mol. The van der Waals surface area contributed by atoms with Crippen molar-refractivity contribution in [3.8, 4) is 11.3 Å². The van der Waals surface area contributed by atoms with E-state index in [1.165, 1.54) is 7.11 Å². The zero-order valence-electron chi connectivity index (χ0n) is 14.4. The number of carbonyl (C=O) groups excluding carboxylic acids is 2. The highest BCUT2D eigenvalue weighted by Crippen LogP contribution is 2.27. The Balaban J connectivity index is 1.92. The maximum absolute atomic E-state index is 12.8. The molecular formula is C20H18N2O4. The number of methoxy groups -OCH3 is 1. The summed E-state index contributed by atoms with van der Waals surface area (Å²) in [5.41, 5.74) is 1.89. The Labute approximate surface area is 150 Å². The van der Waals surface area contributed by atoms with Gasteiger partial charge in [0.05, 0.1) is 18.7 Å². The van der Waals surface area contributed by atoms with Crippen LogP contribution in [0.4, 0.5) is 0 Å². The van der Waals surface area contributed by atoms with Crippen molar-refractivity contribution < 1.29 is 18.7 Å². The lowest BCUT2D eigenvalue weighted by Gasteiger charge is -2.15. The van der Waals surface area contributed by atoms with Gasteiger partial charge in [0.15, 0.2) is 17.8 Å². The predicted octanol–water partition coefficient (Wildman–Crippen LogP) is 3.62. The van der Waals surface area contributed by atoms with Crippen LogP contribution in [0.25, 0.3) is 11.3 Å². The Morgan fingerprint density at radius 1 is 1.08 bits per heavy atom. The molecule has 6 nitrogen and oxygen atoms in total. The number of benzene rings is 2. The summed E-state index contributed by atoms with van der Waals surface area (Å²) >= 11 is 0. The Kier molecular flexibility index (Phi) is 5.12.